The van der Waals surface area contributed by atoms with Gasteiger partial charge in [-0.1, -0.05) is 6.92 Å². The van der Waals surface area contributed by atoms with Crippen LogP contribution in [0, 0.1) is 6.92 Å². The second-order valence-corrected chi connectivity index (χ2v) is 4.73. The normalized spacial score (nSPS) is 15.4. The van der Waals surface area contributed by atoms with Gasteiger partial charge in [-0.15, -0.1) is 0 Å². The summed E-state index contributed by atoms with van der Waals surface area (Å²) in [7, 11) is 0. The van der Waals surface area contributed by atoms with E-state index in [0.717, 1.165) is 37.6 Å². The number of anilines is 3. The fourth-order valence-electron chi connectivity index (χ4n) is 2.21. The number of ether oxygens (including phenoxy) is 1. The van der Waals surface area contributed by atoms with Gasteiger partial charge in [-0.2, -0.15) is 0 Å². The predicted octanol–water partition coefficient (Wildman–Crippen LogP) is 1.76. The zero-order chi connectivity index (χ0) is 13.8. The number of benzene rings is 1. The SMILES string of the molecule is CCC(=O)Nc1cc(N2CCOCC2)c(C)cc1N. The fourth-order valence-corrected chi connectivity index (χ4v) is 2.21. The van der Waals surface area contributed by atoms with Crippen LogP contribution in [0.1, 0.15) is 18.9 Å². The van der Waals surface area contributed by atoms with Gasteiger partial charge in [-0.05, 0) is 24.6 Å². The number of amides is 1. The molecule has 1 amide bonds. The fraction of sp³-hybridized carbons (Fsp3) is 0.500. The Hall–Kier alpha value is -1.75. The van der Waals surface area contributed by atoms with Gasteiger partial charge in [0.1, 0.15) is 0 Å². The number of rotatable bonds is 3. The van der Waals surface area contributed by atoms with E-state index in [1.807, 2.05) is 26.0 Å². The largest absolute Gasteiger partial charge is 0.397 e. The maximum atomic E-state index is 11.5. The van der Waals surface area contributed by atoms with E-state index in [4.69, 9.17) is 10.5 Å². The Morgan fingerprint density at radius 1 is 1.42 bits per heavy atom. The summed E-state index contributed by atoms with van der Waals surface area (Å²) in [6.45, 7) is 7.06. The molecule has 1 aromatic rings. The summed E-state index contributed by atoms with van der Waals surface area (Å²) in [4.78, 5) is 13.8. The Bertz CT molecular complexity index is 468. The number of nitrogen functional groups attached to an aromatic ring is 1. The molecule has 1 aliphatic rings. The summed E-state index contributed by atoms with van der Waals surface area (Å²) >= 11 is 0. The highest BCUT2D eigenvalue weighted by atomic mass is 16.5. The Morgan fingerprint density at radius 2 is 2.11 bits per heavy atom. The number of morpholine rings is 1. The van der Waals surface area contributed by atoms with Crippen molar-refractivity contribution in [2.45, 2.75) is 20.3 Å². The van der Waals surface area contributed by atoms with Crippen LogP contribution < -0.4 is 16.0 Å². The minimum absolute atomic E-state index is 0.0246. The van der Waals surface area contributed by atoms with E-state index in [1.54, 1.807) is 0 Å². The van der Waals surface area contributed by atoms with Crippen LogP contribution >= 0.6 is 0 Å². The molecule has 0 bridgehead atoms. The lowest BCUT2D eigenvalue weighted by atomic mass is 10.1. The Kier molecular flexibility index (Phi) is 4.27. The van der Waals surface area contributed by atoms with Crippen LogP contribution in [0.2, 0.25) is 0 Å². The monoisotopic (exact) mass is 263 g/mol. The first-order valence-corrected chi connectivity index (χ1v) is 6.64. The van der Waals surface area contributed by atoms with Crippen molar-refractivity contribution in [3.63, 3.8) is 0 Å². The molecule has 0 spiro atoms. The molecule has 0 aromatic heterocycles. The highest BCUT2D eigenvalue weighted by molar-refractivity contribution is 5.94. The number of carbonyl (C=O) groups is 1. The van der Waals surface area contributed by atoms with Crippen LogP contribution in [0.4, 0.5) is 17.1 Å². The summed E-state index contributed by atoms with van der Waals surface area (Å²) in [6.07, 6.45) is 0.445. The second kappa shape index (κ2) is 5.93. The van der Waals surface area contributed by atoms with Crippen molar-refractivity contribution in [2.24, 2.45) is 0 Å². The molecule has 1 aliphatic heterocycles. The summed E-state index contributed by atoms with van der Waals surface area (Å²) in [6, 6.07) is 3.87. The van der Waals surface area contributed by atoms with E-state index in [-0.39, 0.29) is 5.91 Å². The van der Waals surface area contributed by atoms with Gasteiger partial charge in [0.05, 0.1) is 24.6 Å². The van der Waals surface area contributed by atoms with Gasteiger partial charge in [0.25, 0.3) is 0 Å². The third-order valence-electron chi connectivity index (χ3n) is 3.32. The highest BCUT2D eigenvalue weighted by Crippen LogP contribution is 2.30. The molecule has 0 unspecified atom stereocenters. The third kappa shape index (κ3) is 3.17. The number of nitrogens with zero attached hydrogens (tertiary/aromatic N) is 1. The molecule has 1 fully saturated rings. The molecule has 5 nitrogen and oxygen atoms in total. The summed E-state index contributed by atoms with van der Waals surface area (Å²) in [5, 5.41) is 2.84. The molecular weight excluding hydrogens is 242 g/mol. The van der Waals surface area contributed by atoms with E-state index in [0.29, 0.717) is 17.8 Å². The molecule has 0 aliphatic carbocycles. The van der Waals surface area contributed by atoms with E-state index < -0.39 is 0 Å². The van der Waals surface area contributed by atoms with Crippen LogP contribution in [0.5, 0.6) is 0 Å². The second-order valence-electron chi connectivity index (χ2n) is 4.73. The molecule has 2 rings (SSSR count). The zero-order valence-electron chi connectivity index (χ0n) is 11.5. The van der Waals surface area contributed by atoms with Crippen LogP contribution in [-0.2, 0) is 9.53 Å². The number of nitrogens with two attached hydrogens (primary N) is 1. The van der Waals surface area contributed by atoms with Gasteiger partial charge < -0.3 is 20.7 Å². The van der Waals surface area contributed by atoms with Crippen LogP contribution in [-0.4, -0.2) is 32.2 Å². The van der Waals surface area contributed by atoms with Crippen molar-refractivity contribution in [3.8, 4) is 0 Å². The van der Waals surface area contributed by atoms with Gasteiger partial charge >= 0.3 is 0 Å². The standard InChI is InChI=1S/C14H21N3O2/c1-3-14(18)16-12-9-13(10(2)8-11(12)15)17-4-6-19-7-5-17/h8-9H,3-7,15H2,1-2H3,(H,16,18). The highest BCUT2D eigenvalue weighted by Gasteiger charge is 2.15. The summed E-state index contributed by atoms with van der Waals surface area (Å²) < 4.78 is 5.36. The molecule has 1 aromatic carbocycles. The van der Waals surface area contributed by atoms with Crippen molar-refractivity contribution >= 4 is 23.0 Å². The molecule has 104 valence electrons. The summed E-state index contributed by atoms with van der Waals surface area (Å²) in [5.74, 6) is -0.0246. The molecule has 3 N–H and O–H groups in total. The third-order valence-corrected chi connectivity index (χ3v) is 3.32. The van der Waals surface area contributed by atoms with Gasteiger partial charge in [0.2, 0.25) is 5.91 Å². The van der Waals surface area contributed by atoms with Gasteiger partial charge in [-0.25, -0.2) is 0 Å². The molecular formula is C14H21N3O2. The van der Waals surface area contributed by atoms with E-state index >= 15 is 0 Å². The Balaban J connectivity index is 2.27. The summed E-state index contributed by atoms with van der Waals surface area (Å²) in [5.41, 5.74) is 9.50. The van der Waals surface area contributed by atoms with Crippen molar-refractivity contribution < 1.29 is 9.53 Å². The van der Waals surface area contributed by atoms with E-state index in [2.05, 4.69) is 10.2 Å². The van der Waals surface area contributed by atoms with Gasteiger partial charge in [0.15, 0.2) is 0 Å². The first kappa shape index (κ1) is 13.7. The average Bonchev–Trinajstić information content (AvgIpc) is 2.42. The first-order valence-electron chi connectivity index (χ1n) is 6.64. The maximum Gasteiger partial charge on any atom is 0.224 e. The quantitative estimate of drug-likeness (QED) is 0.815. The molecule has 19 heavy (non-hydrogen) atoms. The van der Waals surface area contributed by atoms with Crippen molar-refractivity contribution in [1.82, 2.24) is 0 Å². The Labute approximate surface area is 113 Å². The van der Waals surface area contributed by atoms with Crippen molar-refractivity contribution in [1.29, 1.82) is 0 Å². The van der Waals surface area contributed by atoms with Crippen molar-refractivity contribution in [2.75, 3.05) is 42.3 Å². The number of hydrogen-bond donors (Lipinski definition) is 2. The first-order chi connectivity index (χ1) is 9.11. The molecule has 0 saturated carbocycles. The minimum atomic E-state index is -0.0246. The number of hydrogen-bond acceptors (Lipinski definition) is 4. The van der Waals surface area contributed by atoms with E-state index in [9.17, 15) is 4.79 Å². The van der Waals surface area contributed by atoms with Crippen molar-refractivity contribution in [3.05, 3.63) is 17.7 Å². The van der Waals surface area contributed by atoms with Gasteiger partial charge in [-0.3, -0.25) is 4.79 Å². The molecule has 1 saturated heterocycles. The number of carbonyl (C=O) groups excluding carboxylic acids is 1. The average molecular weight is 263 g/mol. The lowest BCUT2D eigenvalue weighted by molar-refractivity contribution is -0.115. The topological polar surface area (TPSA) is 67.6 Å². The lowest BCUT2D eigenvalue weighted by Crippen LogP contribution is -2.36. The van der Waals surface area contributed by atoms with Gasteiger partial charge in [0, 0.05) is 25.2 Å². The van der Waals surface area contributed by atoms with Crippen LogP contribution in [0.15, 0.2) is 12.1 Å². The van der Waals surface area contributed by atoms with E-state index in [1.165, 1.54) is 0 Å². The molecule has 1 heterocycles. The predicted molar refractivity (Wildman–Crippen MR) is 77.5 cm³/mol. The molecule has 5 heteroatoms. The zero-order valence-corrected chi connectivity index (χ0v) is 11.5. The smallest absolute Gasteiger partial charge is 0.224 e. The molecule has 0 radical (unpaired) electrons. The maximum absolute atomic E-state index is 11.5. The van der Waals surface area contributed by atoms with Crippen LogP contribution in [0.25, 0.3) is 0 Å². The lowest BCUT2D eigenvalue weighted by Gasteiger charge is -2.30. The number of nitrogens with one attached hydrogen (secondary N) is 1. The molecule has 0 atom stereocenters. The minimum Gasteiger partial charge on any atom is -0.397 e. The number of aryl methyl sites for hydroxylation is 1. The Morgan fingerprint density at radius 3 is 2.74 bits per heavy atom. The van der Waals surface area contributed by atoms with Crippen LogP contribution in [0.3, 0.4) is 0 Å².